The lowest BCUT2D eigenvalue weighted by atomic mass is 10.1. The lowest BCUT2D eigenvalue weighted by molar-refractivity contribution is 0.0980. The molecule has 0 bridgehead atoms. The van der Waals surface area contributed by atoms with E-state index in [0.717, 1.165) is 10.3 Å². The molecule has 0 saturated heterocycles. The third-order valence-electron chi connectivity index (χ3n) is 3.99. The quantitative estimate of drug-likeness (QED) is 0.615. The van der Waals surface area contributed by atoms with E-state index in [1.165, 1.54) is 0 Å². The average molecular weight is 345 g/mol. The molecule has 3 aromatic heterocycles. The van der Waals surface area contributed by atoms with Crippen LogP contribution in [0, 0.1) is 0 Å². The van der Waals surface area contributed by atoms with Crippen LogP contribution in [0.1, 0.15) is 5.56 Å². The molecule has 0 aliphatic carbocycles. The average Bonchev–Trinajstić information content (AvgIpc) is 2.70. The molecule has 1 N–H and O–H groups in total. The molecule has 4 rings (SSSR count). The first-order valence-electron chi connectivity index (χ1n) is 8.07. The number of fused-ring (bicyclic) bond motifs is 1. The van der Waals surface area contributed by atoms with E-state index in [1.54, 1.807) is 42.7 Å². The van der Waals surface area contributed by atoms with Gasteiger partial charge < -0.3 is 9.94 Å². The van der Waals surface area contributed by atoms with E-state index in [-0.39, 0.29) is 23.6 Å². The molecule has 0 amide bonds. The van der Waals surface area contributed by atoms with Crippen molar-refractivity contribution in [3.8, 4) is 17.0 Å². The minimum Gasteiger partial charge on any atom is -0.506 e. The van der Waals surface area contributed by atoms with Gasteiger partial charge in [0.05, 0.1) is 11.1 Å². The molecule has 26 heavy (non-hydrogen) atoms. The van der Waals surface area contributed by atoms with Crippen molar-refractivity contribution in [2.75, 3.05) is 0 Å². The molecule has 0 fully saturated rings. The van der Waals surface area contributed by atoms with Gasteiger partial charge in [-0.15, -0.1) is 4.73 Å². The lowest BCUT2D eigenvalue weighted by Crippen LogP contribution is -2.29. The molecule has 0 unspecified atom stereocenters. The number of hydrogen-bond donors (Lipinski definition) is 1. The van der Waals surface area contributed by atoms with Crippen molar-refractivity contribution >= 4 is 11.0 Å². The summed E-state index contributed by atoms with van der Waals surface area (Å²) in [6.07, 6.45) is 3.11. The molecule has 0 aliphatic rings. The summed E-state index contributed by atoms with van der Waals surface area (Å²) in [6.45, 7) is 0.193. The van der Waals surface area contributed by atoms with E-state index in [4.69, 9.17) is 4.84 Å². The van der Waals surface area contributed by atoms with Gasteiger partial charge in [-0.05, 0) is 29.8 Å². The van der Waals surface area contributed by atoms with E-state index in [0.29, 0.717) is 11.1 Å². The zero-order valence-electron chi connectivity index (χ0n) is 13.7. The smallest absolute Gasteiger partial charge is 0.298 e. The Kier molecular flexibility index (Phi) is 4.07. The van der Waals surface area contributed by atoms with E-state index in [9.17, 15) is 9.90 Å². The van der Waals surface area contributed by atoms with Crippen LogP contribution in [-0.4, -0.2) is 19.8 Å². The number of pyridine rings is 3. The number of nitrogens with zero attached hydrogens (tertiary/aromatic N) is 3. The number of hydrogen-bond acceptors (Lipinski definition) is 5. The summed E-state index contributed by atoms with van der Waals surface area (Å²) >= 11 is 0. The summed E-state index contributed by atoms with van der Waals surface area (Å²) in [5.41, 5.74) is 1.11. The van der Waals surface area contributed by atoms with Gasteiger partial charge in [-0.1, -0.05) is 36.4 Å². The Balaban J connectivity index is 1.90. The molecule has 6 nitrogen and oxygen atoms in total. The number of benzene rings is 1. The Labute approximate surface area is 148 Å². The van der Waals surface area contributed by atoms with Gasteiger partial charge in [0.1, 0.15) is 17.9 Å². The Morgan fingerprint density at radius 1 is 0.923 bits per heavy atom. The molecule has 0 saturated carbocycles. The number of aromatic hydroxyl groups is 1. The van der Waals surface area contributed by atoms with Crippen LogP contribution < -0.4 is 10.4 Å². The summed E-state index contributed by atoms with van der Waals surface area (Å²) in [7, 11) is 0. The first kappa shape index (κ1) is 15.8. The fourth-order valence-electron chi connectivity index (χ4n) is 2.75. The molecular formula is C20H15N3O3. The van der Waals surface area contributed by atoms with Gasteiger partial charge in [-0.3, -0.25) is 9.78 Å². The SMILES string of the molecule is O=c1c(-c2ccccn2)c(O)c2cccnc2n1OCc1ccccc1. The van der Waals surface area contributed by atoms with Crippen LogP contribution in [-0.2, 0) is 6.61 Å². The van der Waals surface area contributed by atoms with Crippen LogP contribution in [0.3, 0.4) is 0 Å². The van der Waals surface area contributed by atoms with Gasteiger partial charge in [0, 0.05) is 12.4 Å². The van der Waals surface area contributed by atoms with Gasteiger partial charge >= 0.3 is 0 Å². The highest BCUT2D eigenvalue weighted by atomic mass is 16.7. The maximum Gasteiger partial charge on any atom is 0.298 e. The fourth-order valence-corrected chi connectivity index (χ4v) is 2.75. The zero-order valence-corrected chi connectivity index (χ0v) is 13.7. The second kappa shape index (κ2) is 6.68. The molecule has 6 heteroatoms. The summed E-state index contributed by atoms with van der Waals surface area (Å²) in [5, 5.41) is 11.1. The predicted octanol–water partition coefficient (Wildman–Crippen LogP) is 2.79. The molecule has 0 atom stereocenters. The van der Waals surface area contributed by atoms with Crippen molar-refractivity contribution < 1.29 is 9.94 Å². The normalized spacial score (nSPS) is 10.8. The van der Waals surface area contributed by atoms with Gasteiger partial charge in [-0.25, -0.2) is 4.98 Å². The van der Waals surface area contributed by atoms with Crippen LogP contribution in [0.2, 0.25) is 0 Å². The molecule has 0 spiro atoms. The van der Waals surface area contributed by atoms with Crippen LogP contribution >= 0.6 is 0 Å². The Bertz CT molecular complexity index is 1110. The van der Waals surface area contributed by atoms with Crippen LogP contribution in [0.15, 0.2) is 77.9 Å². The highest BCUT2D eigenvalue weighted by molar-refractivity contribution is 5.89. The molecule has 4 aromatic rings. The zero-order chi connectivity index (χ0) is 17.9. The predicted molar refractivity (Wildman–Crippen MR) is 97.6 cm³/mol. The van der Waals surface area contributed by atoms with Gasteiger partial charge in [0.2, 0.25) is 0 Å². The van der Waals surface area contributed by atoms with E-state index >= 15 is 0 Å². The van der Waals surface area contributed by atoms with Crippen LogP contribution in [0.5, 0.6) is 5.75 Å². The van der Waals surface area contributed by atoms with Crippen LogP contribution in [0.4, 0.5) is 0 Å². The van der Waals surface area contributed by atoms with Crippen molar-refractivity contribution in [3.63, 3.8) is 0 Å². The third kappa shape index (κ3) is 2.77. The summed E-state index contributed by atoms with van der Waals surface area (Å²) in [5.74, 6) is -0.156. The summed E-state index contributed by atoms with van der Waals surface area (Å²) in [4.78, 5) is 27.2. The topological polar surface area (TPSA) is 77.2 Å². The van der Waals surface area contributed by atoms with Crippen molar-refractivity contribution in [1.29, 1.82) is 0 Å². The fraction of sp³-hybridized carbons (Fsp3) is 0.0500. The number of aromatic nitrogens is 3. The summed E-state index contributed by atoms with van der Waals surface area (Å²) in [6, 6.07) is 18.1. The van der Waals surface area contributed by atoms with Gasteiger partial charge in [-0.2, -0.15) is 0 Å². The van der Waals surface area contributed by atoms with Crippen molar-refractivity contribution in [3.05, 3.63) is 89.0 Å². The van der Waals surface area contributed by atoms with E-state index in [1.807, 2.05) is 30.3 Å². The minimum absolute atomic E-state index is 0.0826. The third-order valence-corrected chi connectivity index (χ3v) is 3.99. The van der Waals surface area contributed by atoms with Crippen LogP contribution in [0.25, 0.3) is 22.3 Å². The van der Waals surface area contributed by atoms with Gasteiger partial charge in [0.15, 0.2) is 5.65 Å². The first-order valence-corrected chi connectivity index (χ1v) is 8.07. The molecule has 1 aromatic carbocycles. The Morgan fingerprint density at radius 3 is 2.46 bits per heavy atom. The van der Waals surface area contributed by atoms with E-state index in [2.05, 4.69) is 9.97 Å². The Morgan fingerprint density at radius 2 is 1.69 bits per heavy atom. The van der Waals surface area contributed by atoms with Crippen molar-refractivity contribution in [1.82, 2.24) is 14.7 Å². The van der Waals surface area contributed by atoms with E-state index < -0.39 is 5.56 Å². The maximum absolute atomic E-state index is 13.0. The molecule has 3 heterocycles. The molecule has 0 aliphatic heterocycles. The molecule has 0 radical (unpaired) electrons. The van der Waals surface area contributed by atoms with Crippen molar-refractivity contribution in [2.45, 2.75) is 6.61 Å². The van der Waals surface area contributed by atoms with Crippen molar-refractivity contribution in [2.24, 2.45) is 0 Å². The standard InChI is InChI=1S/C20H15N3O3/c24-18-15-9-6-12-22-19(15)23(26-13-14-7-2-1-3-8-14)20(25)17(18)16-10-4-5-11-21-16/h1-12,24H,13H2. The molecule has 128 valence electrons. The molecular weight excluding hydrogens is 330 g/mol. The highest BCUT2D eigenvalue weighted by Crippen LogP contribution is 2.30. The number of rotatable bonds is 4. The first-order chi connectivity index (χ1) is 12.8. The van der Waals surface area contributed by atoms with Gasteiger partial charge in [0.25, 0.3) is 5.56 Å². The highest BCUT2D eigenvalue weighted by Gasteiger charge is 2.20. The summed E-state index contributed by atoms with van der Waals surface area (Å²) < 4.78 is 1.12. The monoisotopic (exact) mass is 345 g/mol. The second-order valence-electron chi connectivity index (χ2n) is 5.67. The largest absolute Gasteiger partial charge is 0.506 e. The minimum atomic E-state index is -0.511. The Hall–Kier alpha value is -3.67. The second-order valence-corrected chi connectivity index (χ2v) is 5.67. The lowest BCUT2D eigenvalue weighted by Gasteiger charge is -2.14. The maximum atomic E-state index is 13.0.